The number of halogens is 3. The molecule has 1 aromatic heterocycles. The number of hydrogen-bond donors (Lipinski definition) is 3. The van der Waals surface area contributed by atoms with E-state index in [0.717, 1.165) is 10.2 Å². The van der Waals surface area contributed by atoms with Crippen LogP contribution in [0.15, 0.2) is 60.1 Å². The van der Waals surface area contributed by atoms with Crippen LogP contribution in [0.2, 0.25) is 0 Å². The summed E-state index contributed by atoms with van der Waals surface area (Å²) in [5, 5.41) is 7.44. The number of benzene rings is 1. The molecule has 7 nitrogen and oxygen atoms in total. The Morgan fingerprint density at radius 2 is 2.00 bits per heavy atom. The predicted molar refractivity (Wildman–Crippen MR) is 131 cm³/mol. The normalized spacial score (nSPS) is 18.6. The van der Waals surface area contributed by atoms with Crippen LogP contribution < -0.4 is 16.8 Å². The lowest BCUT2D eigenvalue weighted by Crippen LogP contribution is -2.31. The van der Waals surface area contributed by atoms with E-state index < -0.39 is 24.4 Å². The number of allylic oxidation sites excluding steroid dienone is 4. The first-order valence-corrected chi connectivity index (χ1v) is 11.3. The van der Waals surface area contributed by atoms with Gasteiger partial charge >= 0.3 is 0 Å². The van der Waals surface area contributed by atoms with Gasteiger partial charge in [0.25, 0.3) is 11.8 Å². The van der Waals surface area contributed by atoms with E-state index in [9.17, 15) is 18.0 Å². The molecule has 1 atom stereocenters. The number of nitrogen functional groups attached to an aromatic ring is 1. The second-order valence-electron chi connectivity index (χ2n) is 8.55. The third kappa shape index (κ3) is 5.59. The maximum atomic E-state index is 14.7. The van der Waals surface area contributed by atoms with Crippen molar-refractivity contribution in [2.75, 3.05) is 25.4 Å². The van der Waals surface area contributed by atoms with Crippen molar-refractivity contribution < 1.29 is 18.0 Å². The number of aromatic nitrogens is 2. The molecule has 0 aliphatic carbocycles. The van der Waals surface area contributed by atoms with Crippen LogP contribution in [-0.2, 0) is 6.54 Å². The second-order valence-corrected chi connectivity index (χ2v) is 8.55. The van der Waals surface area contributed by atoms with E-state index in [1.807, 2.05) is 0 Å². The molecule has 35 heavy (non-hydrogen) atoms. The monoisotopic (exact) mass is 488 g/mol. The van der Waals surface area contributed by atoms with Gasteiger partial charge in [-0.25, -0.2) is 17.9 Å². The first kappa shape index (κ1) is 26.1. The molecule has 0 saturated carbocycles. The van der Waals surface area contributed by atoms with Crippen molar-refractivity contribution in [3.05, 3.63) is 71.2 Å². The van der Waals surface area contributed by atoms with Gasteiger partial charge in [0.15, 0.2) is 0 Å². The molecule has 1 amide bonds. The Morgan fingerprint density at radius 3 is 2.54 bits per heavy atom. The molecule has 1 aromatic carbocycles. The van der Waals surface area contributed by atoms with Gasteiger partial charge in [-0.3, -0.25) is 9.69 Å². The number of rotatable bonds is 9. The van der Waals surface area contributed by atoms with Crippen molar-refractivity contribution >= 4 is 11.7 Å². The van der Waals surface area contributed by atoms with E-state index in [0.29, 0.717) is 29.9 Å². The Balaban J connectivity index is 1.84. The third-order valence-electron chi connectivity index (χ3n) is 6.13. The lowest BCUT2D eigenvalue weighted by Gasteiger charge is -2.19. The molecule has 10 heteroatoms. The number of carbonyl (C=O) groups is 1. The van der Waals surface area contributed by atoms with Crippen molar-refractivity contribution in [2.45, 2.75) is 39.3 Å². The molecule has 0 spiro atoms. The highest BCUT2D eigenvalue weighted by Gasteiger charge is 2.50. The smallest absolute Gasteiger partial charge is 0.283 e. The van der Waals surface area contributed by atoms with Crippen LogP contribution in [0.4, 0.5) is 19.0 Å². The minimum atomic E-state index is -3.05. The van der Waals surface area contributed by atoms with E-state index in [1.54, 1.807) is 49.9 Å². The minimum absolute atomic E-state index is 0.0628. The van der Waals surface area contributed by atoms with Crippen molar-refractivity contribution in [2.24, 2.45) is 5.73 Å². The number of alkyl halides is 2. The number of likely N-dealkylation sites (N-methyl/N-ethyl adjacent to an activating group) is 1. The highest BCUT2D eigenvalue weighted by Crippen LogP contribution is 2.40. The fourth-order valence-corrected chi connectivity index (χ4v) is 3.98. The summed E-state index contributed by atoms with van der Waals surface area (Å²) in [5.41, 5.74) is 14.4. The zero-order chi connectivity index (χ0) is 25.9. The van der Waals surface area contributed by atoms with Crippen LogP contribution in [0.5, 0.6) is 0 Å². The van der Waals surface area contributed by atoms with Gasteiger partial charge in [0, 0.05) is 24.4 Å². The molecule has 1 unspecified atom stereocenters. The van der Waals surface area contributed by atoms with E-state index in [-0.39, 0.29) is 29.4 Å². The SMILES string of the molecule is C=C(NCc1ccc(-c2nn(C3CN(CC)CC3(F)F)c(N)c2C(N)=O)cc1)/C(C)=C/C(F)=C\C. The molecule has 1 aliphatic heterocycles. The quantitative estimate of drug-likeness (QED) is 0.460. The predicted octanol–water partition coefficient (Wildman–Crippen LogP) is 4.17. The van der Waals surface area contributed by atoms with Crippen LogP contribution in [0, 0.1) is 0 Å². The molecule has 1 fully saturated rings. The minimum Gasteiger partial charge on any atom is -0.383 e. The van der Waals surface area contributed by atoms with E-state index in [4.69, 9.17) is 11.5 Å². The van der Waals surface area contributed by atoms with Crippen LogP contribution in [0.3, 0.4) is 0 Å². The number of nitrogens with zero attached hydrogens (tertiary/aromatic N) is 3. The largest absolute Gasteiger partial charge is 0.383 e. The first-order chi connectivity index (χ1) is 16.5. The summed E-state index contributed by atoms with van der Waals surface area (Å²) >= 11 is 0. The number of nitrogens with two attached hydrogens (primary N) is 2. The number of carbonyl (C=O) groups excluding carboxylic acids is 1. The topological polar surface area (TPSA) is 102 Å². The molecule has 188 valence electrons. The molecule has 3 rings (SSSR count). The molecule has 1 aliphatic rings. The Labute approximate surface area is 203 Å². The maximum Gasteiger partial charge on any atom is 0.283 e. The number of hydrogen-bond acceptors (Lipinski definition) is 5. The number of amides is 1. The van der Waals surface area contributed by atoms with Crippen LogP contribution >= 0.6 is 0 Å². The van der Waals surface area contributed by atoms with E-state index in [1.165, 1.54) is 12.2 Å². The molecule has 0 bridgehead atoms. The number of nitrogens with one attached hydrogen (secondary N) is 1. The summed E-state index contributed by atoms with van der Waals surface area (Å²) in [4.78, 5) is 13.8. The van der Waals surface area contributed by atoms with Gasteiger partial charge in [0.2, 0.25) is 0 Å². The molecular weight excluding hydrogens is 457 g/mol. The Hall–Kier alpha value is -3.53. The number of anilines is 1. The molecule has 2 heterocycles. The van der Waals surface area contributed by atoms with Crippen molar-refractivity contribution in [3.8, 4) is 11.3 Å². The Morgan fingerprint density at radius 1 is 1.34 bits per heavy atom. The van der Waals surface area contributed by atoms with Gasteiger partial charge < -0.3 is 16.8 Å². The van der Waals surface area contributed by atoms with Crippen LogP contribution in [0.25, 0.3) is 11.3 Å². The van der Waals surface area contributed by atoms with E-state index in [2.05, 4.69) is 17.0 Å². The van der Waals surface area contributed by atoms with Gasteiger partial charge in [0.05, 0.1) is 6.54 Å². The molecule has 5 N–H and O–H groups in total. The molecular formula is C25H31F3N6O. The average molecular weight is 489 g/mol. The zero-order valence-electron chi connectivity index (χ0n) is 20.1. The van der Waals surface area contributed by atoms with Crippen molar-refractivity contribution in [1.29, 1.82) is 0 Å². The van der Waals surface area contributed by atoms with Crippen LogP contribution in [-0.4, -0.2) is 46.1 Å². The van der Waals surface area contributed by atoms with Crippen molar-refractivity contribution in [1.82, 2.24) is 20.0 Å². The van der Waals surface area contributed by atoms with Gasteiger partial charge in [0.1, 0.15) is 28.9 Å². The van der Waals surface area contributed by atoms with Crippen molar-refractivity contribution in [3.63, 3.8) is 0 Å². The molecule has 0 radical (unpaired) electrons. The lowest BCUT2D eigenvalue weighted by molar-refractivity contribution is -0.0241. The van der Waals surface area contributed by atoms with Crippen LogP contribution in [0.1, 0.15) is 42.7 Å². The fraction of sp³-hybridized carbons (Fsp3) is 0.360. The zero-order valence-corrected chi connectivity index (χ0v) is 20.1. The molecule has 2 aromatic rings. The summed E-state index contributed by atoms with van der Waals surface area (Å²) in [7, 11) is 0. The molecule has 1 saturated heterocycles. The maximum absolute atomic E-state index is 14.7. The summed E-state index contributed by atoms with van der Waals surface area (Å²) < 4.78 is 43.8. The first-order valence-electron chi connectivity index (χ1n) is 11.3. The summed E-state index contributed by atoms with van der Waals surface area (Å²) in [6.07, 6.45) is 2.75. The lowest BCUT2D eigenvalue weighted by atomic mass is 10.0. The summed E-state index contributed by atoms with van der Waals surface area (Å²) in [6, 6.07) is 5.72. The average Bonchev–Trinajstić information content (AvgIpc) is 3.32. The Kier molecular flexibility index (Phi) is 7.74. The highest BCUT2D eigenvalue weighted by molar-refractivity contribution is 6.03. The number of likely N-dealkylation sites (tertiary alicyclic amines) is 1. The highest BCUT2D eigenvalue weighted by atomic mass is 19.3. The van der Waals surface area contributed by atoms with Gasteiger partial charge in [-0.2, -0.15) is 5.10 Å². The van der Waals surface area contributed by atoms with Gasteiger partial charge in [-0.05, 0) is 37.6 Å². The van der Waals surface area contributed by atoms with E-state index >= 15 is 0 Å². The van der Waals surface area contributed by atoms with Gasteiger partial charge in [-0.1, -0.05) is 43.8 Å². The summed E-state index contributed by atoms with van der Waals surface area (Å²) in [6.45, 7) is 9.61. The fourth-order valence-electron chi connectivity index (χ4n) is 3.98. The Bertz CT molecular complexity index is 1170. The van der Waals surface area contributed by atoms with Gasteiger partial charge in [-0.15, -0.1) is 0 Å². The summed E-state index contributed by atoms with van der Waals surface area (Å²) in [5.74, 6) is -4.41. The standard InChI is InChI=1S/C25H31F3N6O/c1-5-19(26)11-15(3)16(4)31-12-17-7-9-18(10-8-17)22-21(24(30)35)23(29)34(32-22)20-13-33(6-2)14-25(20,27)28/h5,7-11,20,31H,4,6,12-14,29H2,1-3H3,(H2,30,35)/b15-11+,19-5+. The second kappa shape index (κ2) is 10.4. The third-order valence-corrected chi connectivity index (χ3v) is 6.13. The number of primary amides is 1.